The fourth-order valence-electron chi connectivity index (χ4n) is 3.16. The van der Waals surface area contributed by atoms with Crippen LogP contribution in [0.15, 0.2) is 42.5 Å². The van der Waals surface area contributed by atoms with Crippen LogP contribution in [0.3, 0.4) is 0 Å². The molecule has 0 radical (unpaired) electrons. The molecule has 1 fully saturated rings. The Bertz CT molecular complexity index is 692. The number of likely N-dealkylation sites (tertiary alicyclic amines) is 1. The first-order valence-electron chi connectivity index (χ1n) is 7.87. The number of benzene rings is 2. The van der Waals surface area contributed by atoms with Gasteiger partial charge in [-0.1, -0.05) is 35.9 Å². The molecule has 1 amide bonds. The van der Waals surface area contributed by atoms with Gasteiger partial charge in [0.05, 0.1) is 0 Å². The fourth-order valence-corrected chi connectivity index (χ4v) is 3.16. The summed E-state index contributed by atoms with van der Waals surface area (Å²) in [6, 6.07) is 11.7. The predicted molar refractivity (Wildman–Crippen MR) is 85.3 cm³/mol. The van der Waals surface area contributed by atoms with Crippen molar-refractivity contribution in [3.8, 4) is 0 Å². The zero-order valence-electron chi connectivity index (χ0n) is 13.1. The standard InChI is InChI=1S/C19H19F2NO/c1-13-7-9-14(10-8-13)12-15-4-3-11-22(15)19(23)18-16(20)5-2-6-17(18)21/h2,5-10,15H,3-4,11-12H2,1H3. The lowest BCUT2D eigenvalue weighted by Gasteiger charge is -2.25. The van der Waals surface area contributed by atoms with E-state index < -0.39 is 23.1 Å². The minimum Gasteiger partial charge on any atom is -0.335 e. The number of carbonyl (C=O) groups excluding carboxylic acids is 1. The van der Waals surface area contributed by atoms with E-state index in [9.17, 15) is 13.6 Å². The van der Waals surface area contributed by atoms with E-state index >= 15 is 0 Å². The third-order valence-electron chi connectivity index (χ3n) is 4.41. The van der Waals surface area contributed by atoms with Crippen molar-refractivity contribution < 1.29 is 13.6 Å². The second kappa shape index (κ2) is 6.49. The van der Waals surface area contributed by atoms with Gasteiger partial charge in [-0.2, -0.15) is 0 Å². The van der Waals surface area contributed by atoms with Crippen molar-refractivity contribution in [3.63, 3.8) is 0 Å². The number of amides is 1. The molecule has 1 saturated heterocycles. The normalized spacial score (nSPS) is 17.5. The molecule has 0 aromatic heterocycles. The minimum atomic E-state index is -0.795. The molecule has 3 rings (SSSR count). The summed E-state index contributed by atoms with van der Waals surface area (Å²) in [5.41, 5.74) is 1.87. The maximum Gasteiger partial charge on any atom is 0.260 e. The molecule has 23 heavy (non-hydrogen) atoms. The van der Waals surface area contributed by atoms with Crippen molar-refractivity contribution in [3.05, 3.63) is 70.8 Å². The molecular weight excluding hydrogens is 296 g/mol. The van der Waals surface area contributed by atoms with Crippen molar-refractivity contribution in [1.82, 2.24) is 4.90 Å². The first-order chi connectivity index (χ1) is 11.1. The van der Waals surface area contributed by atoms with Crippen molar-refractivity contribution in [1.29, 1.82) is 0 Å². The molecule has 4 heteroatoms. The van der Waals surface area contributed by atoms with Crippen LogP contribution in [0.5, 0.6) is 0 Å². The monoisotopic (exact) mass is 315 g/mol. The molecule has 1 aliphatic rings. The topological polar surface area (TPSA) is 20.3 Å². The van der Waals surface area contributed by atoms with Crippen LogP contribution in [0.2, 0.25) is 0 Å². The number of nitrogens with zero attached hydrogens (tertiary/aromatic N) is 1. The Morgan fingerprint density at radius 1 is 1.13 bits per heavy atom. The third-order valence-corrected chi connectivity index (χ3v) is 4.41. The lowest BCUT2D eigenvalue weighted by molar-refractivity contribution is 0.0726. The zero-order valence-corrected chi connectivity index (χ0v) is 13.1. The first kappa shape index (κ1) is 15.7. The molecule has 0 aliphatic carbocycles. The third kappa shape index (κ3) is 3.26. The summed E-state index contributed by atoms with van der Waals surface area (Å²) >= 11 is 0. The molecule has 2 nitrogen and oxygen atoms in total. The van der Waals surface area contributed by atoms with E-state index in [1.165, 1.54) is 11.6 Å². The van der Waals surface area contributed by atoms with Gasteiger partial charge in [0.15, 0.2) is 0 Å². The van der Waals surface area contributed by atoms with E-state index in [1.54, 1.807) is 4.90 Å². The maximum atomic E-state index is 13.9. The highest BCUT2D eigenvalue weighted by Gasteiger charge is 2.32. The van der Waals surface area contributed by atoms with Gasteiger partial charge < -0.3 is 4.90 Å². The van der Waals surface area contributed by atoms with Crippen LogP contribution in [0.25, 0.3) is 0 Å². The lowest BCUT2D eigenvalue weighted by Crippen LogP contribution is -2.37. The van der Waals surface area contributed by atoms with Gasteiger partial charge in [-0.15, -0.1) is 0 Å². The van der Waals surface area contributed by atoms with E-state index in [0.717, 1.165) is 30.5 Å². The maximum absolute atomic E-state index is 13.9. The molecule has 0 N–H and O–H groups in total. The first-order valence-corrected chi connectivity index (χ1v) is 7.87. The smallest absolute Gasteiger partial charge is 0.260 e. The number of carbonyl (C=O) groups is 1. The molecule has 1 atom stereocenters. The van der Waals surface area contributed by atoms with Crippen LogP contribution in [0, 0.1) is 18.6 Å². The Labute approximate surface area is 134 Å². The molecule has 0 saturated carbocycles. The van der Waals surface area contributed by atoms with Gasteiger partial charge in [0.2, 0.25) is 0 Å². The second-order valence-corrected chi connectivity index (χ2v) is 6.08. The highest BCUT2D eigenvalue weighted by Crippen LogP contribution is 2.25. The van der Waals surface area contributed by atoms with Crippen molar-refractivity contribution in [2.24, 2.45) is 0 Å². The molecule has 2 aromatic rings. The van der Waals surface area contributed by atoms with E-state index in [1.807, 2.05) is 31.2 Å². The molecule has 0 bridgehead atoms. The number of rotatable bonds is 3. The quantitative estimate of drug-likeness (QED) is 0.834. The van der Waals surface area contributed by atoms with Gasteiger partial charge in [0.1, 0.15) is 17.2 Å². The Balaban J connectivity index is 1.81. The van der Waals surface area contributed by atoms with Crippen molar-refractivity contribution in [2.75, 3.05) is 6.54 Å². The zero-order chi connectivity index (χ0) is 16.4. The molecule has 120 valence electrons. The van der Waals surface area contributed by atoms with E-state index in [-0.39, 0.29) is 6.04 Å². The van der Waals surface area contributed by atoms with Gasteiger partial charge >= 0.3 is 0 Å². The number of aryl methyl sites for hydroxylation is 1. The largest absolute Gasteiger partial charge is 0.335 e. The van der Waals surface area contributed by atoms with Crippen molar-refractivity contribution in [2.45, 2.75) is 32.2 Å². The highest BCUT2D eigenvalue weighted by atomic mass is 19.1. The summed E-state index contributed by atoms with van der Waals surface area (Å²) in [5.74, 6) is -2.14. The van der Waals surface area contributed by atoms with E-state index in [0.29, 0.717) is 13.0 Å². The molecule has 0 spiro atoms. The molecule has 1 unspecified atom stereocenters. The number of halogens is 2. The van der Waals surface area contributed by atoms with Crippen molar-refractivity contribution >= 4 is 5.91 Å². The van der Waals surface area contributed by atoms with Crippen LogP contribution < -0.4 is 0 Å². The lowest BCUT2D eigenvalue weighted by atomic mass is 10.0. The van der Waals surface area contributed by atoms with Crippen LogP contribution in [-0.4, -0.2) is 23.4 Å². The average molecular weight is 315 g/mol. The molecule has 1 heterocycles. The molecular formula is C19H19F2NO. The van der Waals surface area contributed by atoms with Crippen LogP contribution in [0.4, 0.5) is 8.78 Å². The summed E-state index contributed by atoms with van der Waals surface area (Å²) in [5, 5.41) is 0. The van der Waals surface area contributed by atoms with Crippen LogP contribution in [-0.2, 0) is 6.42 Å². The number of hydrogen-bond acceptors (Lipinski definition) is 1. The Morgan fingerprint density at radius 3 is 2.43 bits per heavy atom. The summed E-state index contributed by atoms with van der Waals surface area (Å²) in [7, 11) is 0. The summed E-state index contributed by atoms with van der Waals surface area (Å²) in [4.78, 5) is 14.2. The average Bonchev–Trinajstić information content (AvgIpc) is 2.97. The molecule has 1 aliphatic heterocycles. The van der Waals surface area contributed by atoms with Gasteiger partial charge in [-0.3, -0.25) is 4.79 Å². The van der Waals surface area contributed by atoms with E-state index in [4.69, 9.17) is 0 Å². The molecule has 2 aromatic carbocycles. The van der Waals surface area contributed by atoms with Gasteiger partial charge in [0, 0.05) is 12.6 Å². The Hall–Kier alpha value is -2.23. The van der Waals surface area contributed by atoms with Crippen LogP contribution >= 0.6 is 0 Å². The Morgan fingerprint density at radius 2 is 1.78 bits per heavy atom. The number of hydrogen-bond donors (Lipinski definition) is 0. The van der Waals surface area contributed by atoms with Crippen LogP contribution in [0.1, 0.15) is 34.3 Å². The minimum absolute atomic E-state index is 0.00999. The summed E-state index contributed by atoms with van der Waals surface area (Å²) < 4.78 is 27.7. The van der Waals surface area contributed by atoms with Gasteiger partial charge in [0.25, 0.3) is 5.91 Å². The van der Waals surface area contributed by atoms with E-state index in [2.05, 4.69) is 0 Å². The SMILES string of the molecule is Cc1ccc(CC2CCCN2C(=O)c2c(F)cccc2F)cc1. The second-order valence-electron chi connectivity index (χ2n) is 6.08. The highest BCUT2D eigenvalue weighted by molar-refractivity contribution is 5.95. The Kier molecular flexibility index (Phi) is 4.42. The summed E-state index contributed by atoms with van der Waals surface area (Å²) in [6.07, 6.45) is 2.43. The summed E-state index contributed by atoms with van der Waals surface area (Å²) in [6.45, 7) is 2.57. The fraction of sp³-hybridized carbons (Fsp3) is 0.316. The van der Waals surface area contributed by atoms with Gasteiger partial charge in [-0.25, -0.2) is 8.78 Å². The van der Waals surface area contributed by atoms with Gasteiger partial charge in [-0.05, 0) is 43.9 Å². The predicted octanol–water partition coefficient (Wildman–Crippen LogP) is 4.12.